The van der Waals surface area contributed by atoms with Crippen molar-refractivity contribution in [1.82, 2.24) is 10.2 Å². The van der Waals surface area contributed by atoms with E-state index in [-0.39, 0.29) is 32.1 Å². The summed E-state index contributed by atoms with van der Waals surface area (Å²) in [6.07, 6.45) is -9.36. The topological polar surface area (TPSA) is 69.6 Å². The summed E-state index contributed by atoms with van der Waals surface area (Å²) in [4.78, 5) is 26.7. The summed E-state index contributed by atoms with van der Waals surface area (Å²) in [5, 5.41) is 12.3. The number of halogens is 6. The lowest BCUT2D eigenvalue weighted by Crippen LogP contribution is -2.45. The molecule has 1 fully saturated rings. The van der Waals surface area contributed by atoms with Gasteiger partial charge >= 0.3 is 12.4 Å². The number of hydrogen-bond acceptors (Lipinski definition) is 3. The first kappa shape index (κ1) is 27.4. The number of nitrogens with one attached hydrogen (secondary N) is 1. The lowest BCUT2D eigenvalue weighted by molar-refractivity contribution is -0.140. The van der Waals surface area contributed by atoms with Gasteiger partial charge in [-0.2, -0.15) is 39.8 Å². The first-order chi connectivity index (χ1) is 15.1. The Morgan fingerprint density at radius 1 is 1.09 bits per heavy atom. The second-order valence-corrected chi connectivity index (χ2v) is 8.32. The van der Waals surface area contributed by atoms with Crippen LogP contribution in [0.4, 0.5) is 26.3 Å². The average molecular weight is 508 g/mol. The van der Waals surface area contributed by atoms with E-state index in [1.165, 1.54) is 32.0 Å². The molecule has 2 N–H and O–H groups in total. The van der Waals surface area contributed by atoms with Crippen LogP contribution in [0.25, 0.3) is 0 Å². The van der Waals surface area contributed by atoms with E-state index in [1.807, 2.05) is 0 Å². The van der Waals surface area contributed by atoms with Crippen LogP contribution in [0.15, 0.2) is 42.5 Å². The number of carbonyl (C=O) groups excluding carboxylic acids is 2. The predicted molar refractivity (Wildman–Crippen MR) is 115 cm³/mol. The fourth-order valence-corrected chi connectivity index (χ4v) is 3.72. The molecule has 0 spiro atoms. The standard InChI is InChI=1S/C22H20F6N2O3.H2S/c1-20(2)17(29-18(32)14-9-13(21(23,24)25)7-8-16(14)31)11-30(19(20)33)10-12-5-3-4-6-15(12)22(26,27)28;/h3-9,17,31H,10-11H2,1-2H3,(H,29,32);1H2/t17-;/m1./s1. The quantitative estimate of drug-likeness (QED) is 0.588. The Morgan fingerprint density at radius 3 is 2.29 bits per heavy atom. The Bertz CT molecular complexity index is 1090. The van der Waals surface area contributed by atoms with Crippen molar-refractivity contribution in [2.45, 2.75) is 38.8 Å². The van der Waals surface area contributed by atoms with Crippen LogP contribution in [0.2, 0.25) is 0 Å². The monoisotopic (exact) mass is 508 g/mol. The second kappa shape index (κ2) is 9.40. The maximum Gasteiger partial charge on any atom is 0.416 e. The zero-order chi connectivity index (χ0) is 24.8. The van der Waals surface area contributed by atoms with Gasteiger partial charge in [0.25, 0.3) is 5.91 Å². The first-order valence-corrected chi connectivity index (χ1v) is 9.78. The van der Waals surface area contributed by atoms with Crippen molar-refractivity contribution in [3.63, 3.8) is 0 Å². The van der Waals surface area contributed by atoms with Crippen LogP contribution in [0.5, 0.6) is 5.75 Å². The van der Waals surface area contributed by atoms with Crippen LogP contribution < -0.4 is 5.32 Å². The molecule has 0 saturated carbocycles. The zero-order valence-corrected chi connectivity index (χ0v) is 19.0. The van der Waals surface area contributed by atoms with Gasteiger partial charge in [-0.3, -0.25) is 9.59 Å². The molecule has 186 valence electrons. The van der Waals surface area contributed by atoms with E-state index in [0.717, 1.165) is 17.0 Å². The summed E-state index contributed by atoms with van der Waals surface area (Å²) >= 11 is 0. The SMILES string of the molecule is CC1(C)C(=O)N(Cc2ccccc2C(F)(F)F)C[C@H]1NC(=O)c1cc(C(F)(F)F)ccc1O.S. The van der Waals surface area contributed by atoms with Gasteiger partial charge in [0.05, 0.1) is 28.1 Å². The van der Waals surface area contributed by atoms with Crippen molar-refractivity contribution in [3.8, 4) is 5.75 Å². The van der Waals surface area contributed by atoms with Crippen molar-refractivity contribution in [2.75, 3.05) is 6.54 Å². The Balaban J connectivity index is 0.00000408. The summed E-state index contributed by atoms with van der Waals surface area (Å²) < 4.78 is 78.8. The van der Waals surface area contributed by atoms with Crippen molar-refractivity contribution in [3.05, 3.63) is 64.7 Å². The molecule has 5 nitrogen and oxygen atoms in total. The van der Waals surface area contributed by atoms with Crippen LogP contribution in [0, 0.1) is 5.41 Å². The molecule has 0 bridgehead atoms. The van der Waals surface area contributed by atoms with Gasteiger partial charge in [-0.1, -0.05) is 18.2 Å². The van der Waals surface area contributed by atoms with Gasteiger partial charge in [-0.15, -0.1) is 0 Å². The Morgan fingerprint density at radius 2 is 1.71 bits per heavy atom. The minimum Gasteiger partial charge on any atom is -0.507 e. The van der Waals surface area contributed by atoms with Gasteiger partial charge in [-0.05, 0) is 43.7 Å². The third-order valence-electron chi connectivity index (χ3n) is 5.67. The van der Waals surface area contributed by atoms with Crippen molar-refractivity contribution in [2.24, 2.45) is 5.41 Å². The highest BCUT2D eigenvalue weighted by Gasteiger charge is 2.48. The summed E-state index contributed by atoms with van der Waals surface area (Å²) in [6, 6.07) is 5.71. The van der Waals surface area contributed by atoms with E-state index in [2.05, 4.69) is 5.32 Å². The Kier molecular flexibility index (Phi) is 7.56. The first-order valence-electron chi connectivity index (χ1n) is 9.78. The molecule has 0 aliphatic carbocycles. The van der Waals surface area contributed by atoms with Crippen molar-refractivity contribution >= 4 is 25.3 Å². The molecule has 34 heavy (non-hydrogen) atoms. The smallest absolute Gasteiger partial charge is 0.416 e. The summed E-state index contributed by atoms with van der Waals surface area (Å²) in [5.74, 6) is -2.25. The van der Waals surface area contributed by atoms with Crippen LogP contribution in [-0.4, -0.2) is 34.4 Å². The molecule has 1 atom stereocenters. The van der Waals surface area contributed by atoms with Gasteiger partial charge in [-0.25, -0.2) is 0 Å². The van der Waals surface area contributed by atoms with Crippen LogP contribution in [0.1, 0.15) is 40.9 Å². The number of alkyl halides is 6. The van der Waals surface area contributed by atoms with Gasteiger partial charge in [0.15, 0.2) is 0 Å². The van der Waals surface area contributed by atoms with Crippen molar-refractivity contribution < 1.29 is 41.0 Å². The number of amides is 2. The molecule has 12 heteroatoms. The highest BCUT2D eigenvalue weighted by molar-refractivity contribution is 7.59. The van der Waals surface area contributed by atoms with E-state index in [0.29, 0.717) is 12.1 Å². The van der Waals surface area contributed by atoms with E-state index < -0.39 is 58.1 Å². The highest BCUT2D eigenvalue weighted by Crippen LogP contribution is 2.37. The average Bonchev–Trinajstić information content (AvgIpc) is 2.90. The highest BCUT2D eigenvalue weighted by atomic mass is 32.1. The number of phenolic OH excluding ortho intramolecular Hbond substituents is 1. The fraction of sp³-hybridized carbons (Fsp3) is 0.364. The van der Waals surface area contributed by atoms with E-state index in [9.17, 15) is 41.0 Å². The molecule has 0 unspecified atom stereocenters. The van der Waals surface area contributed by atoms with Crippen molar-refractivity contribution in [1.29, 1.82) is 0 Å². The van der Waals surface area contributed by atoms with Gasteiger partial charge < -0.3 is 15.3 Å². The number of aromatic hydroxyl groups is 1. The number of benzene rings is 2. The van der Waals surface area contributed by atoms with E-state index in [1.54, 1.807) is 0 Å². The molecular formula is C22H22F6N2O3S. The number of nitrogens with zero attached hydrogens (tertiary/aromatic N) is 1. The maximum absolute atomic E-state index is 13.3. The van der Waals surface area contributed by atoms with Crippen LogP contribution in [-0.2, 0) is 23.7 Å². The van der Waals surface area contributed by atoms with Crippen LogP contribution in [0.3, 0.4) is 0 Å². The largest absolute Gasteiger partial charge is 0.507 e. The Hall–Kier alpha value is -2.89. The third kappa shape index (κ3) is 5.43. The van der Waals surface area contributed by atoms with E-state index >= 15 is 0 Å². The number of phenols is 1. The normalized spacial score (nSPS) is 17.9. The number of likely N-dealkylation sites (tertiary alicyclic amines) is 1. The molecule has 2 amide bonds. The number of hydrogen-bond donors (Lipinski definition) is 2. The van der Waals surface area contributed by atoms with Gasteiger partial charge in [0, 0.05) is 13.1 Å². The number of carbonyl (C=O) groups is 2. The molecule has 2 aromatic carbocycles. The lowest BCUT2D eigenvalue weighted by atomic mass is 9.86. The van der Waals surface area contributed by atoms with Crippen LogP contribution >= 0.6 is 13.5 Å². The van der Waals surface area contributed by atoms with Gasteiger partial charge in [0.1, 0.15) is 5.75 Å². The molecular weight excluding hydrogens is 486 g/mol. The lowest BCUT2D eigenvalue weighted by Gasteiger charge is -2.24. The molecule has 1 aliphatic rings. The van der Waals surface area contributed by atoms with E-state index in [4.69, 9.17) is 0 Å². The zero-order valence-electron chi connectivity index (χ0n) is 18.0. The molecule has 1 heterocycles. The molecule has 1 saturated heterocycles. The maximum atomic E-state index is 13.3. The predicted octanol–water partition coefficient (Wildman–Crippen LogP) is 4.71. The minimum absolute atomic E-state index is 0. The molecule has 0 aromatic heterocycles. The number of rotatable bonds is 4. The molecule has 2 aromatic rings. The third-order valence-corrected chi connectivity index (χ3v) is 5.67. The minimum atomic E-state index is -4.74. The van der Waals surface area contributed by atoms with Gasteiger partial charge in [0.2, 0.25) is 5.91 Å². The molecule has 0 radical (unpaired) electrons. The summed E-state index contributed by atoms with van der Waals surface area (Å²) in [6.45, 7) is 2.42. The summed E-state index contributed by atoms with van der Waals surface area (Å²) in [7, 11) is 0. The fourth-order valence-electron chi connectivity index (χ4n) is 3.72. The molecule has 3 rings (SSSR count). The Labute approximate surface area is 198 Å². The second-order valence-electron chi connectivity index (χ2n) is 8.32. The molecule has 1 aliphatic heterocycles. The summed E-state index contributed by atoms with van der Waals surface area (Å²) in [5.41, 5.74) is -4.04.